The zero-order chi connectivity index (χ0) is 10.9. The molecule has 1 aromatic rings. The molecule has 0 atom stereocenters. The number of aryl methyl sites for hydroxylation is 1. The van der Waals surface area contributed by atoms with Gasteiger partial charge < -0.3 is 9.88 Å². The van der Waals surface area contributed by atoms with Gasteiger partial charge in [-0.25, -0.2) is 4.98 Å². The van der Waals surface area contributed by atoms with E-state index in [2.05, 4.69) is 40.1 Å². The van der Waals surface area contributed by atoms with E-state index in [4.69, 9.17) is 0 Å². The molecule has 0 bridgehead atoms. The van der Waals surface area contributed by atoms with Gasteiger partial charge in [-0.1, -0.05) is 19.1 Å². The van der Waals surface area contributed by atoms with Gasteiger partial charge in [0.2, 0.25) is 0 Å². The summed E-state index contributed by atoms with van der Waals surface area (Å²) in [6.07, 6.45) is 11.5. The molecule has 0 amide bonds. The van der Waals surface area contributed by atoms with Crippen LogP contribution in [0, 0.1) is 0 Å². The van der Waals surface area contributed by atoms with Gasteiger partial charge in [0.25, 0.3) is 0 Å². The summed E-state index contributed by atoms with van der Waals surface area (Å²) in [6, 6.07) is 0. The zero-order valence-corrected chi connectivity index (χ0v) is 9.74. The highest BCUT2D eigenvalue weighted by Gasteiger charge is 1.98. The second kappa shape index (κ2) is 7.23. The molecule has 0 saturated carbocycles. The summed E-state index contributed by atoms with van der Waals surface area (Å²) >= 11 is 0. The molecule has 0 fully saturated rings. The number of aromatic nitrogens is 2. The zero-order valence-electron chi connectivity index (χ0n) is 9.74. The maximum atomic E-state index is 4.35. The van der Waals surface area contributed by atoms with Crippen molar-refractivity contribution >= 4 is 0 Å². The Morgan fingerprint density at radius 2 is 2.33 bits per heavy atom. The molecule has 84 valence electrons. The molecule has 0 aliphatic rings. The molecule has 0 radical (unpaired) electrons. The van der Waals surface area contributed by atoms with E-state index in [-0.39, 0.29) is 0 Å². The van der Waals surface area contributed by atoms with Crippen molar-refractivity contribution in [1.82, 2.24) is 14.9 Å². The Balaban J connectivity index is 2.35. The monoisotopic (exact) mass is 207 g/mol. The molecule has 1 N–H and O–H groups in total. The molecular formula is C12H21N3. The van der Waals surface area contributed by atoms with Crippen LogP contribution in [-0.2, 0) is 13.0 Å². The molecule has 0 spiro atoms. The van der Waals surface area contributed by atoms with E-state index in [1.807, 2.05) is 13.2 Å². The second-order valence-corrected chi connectivity index (χ2v) is 3.60. The summed E-state index contributed by atoms with van der Waals surface area (Å²) in [7, 11) is 1.97. The molecule has 1 rings (SSSR count). The van der Waals surface area contributed by atoms with Gasteiger partial charge in [-0.15, -0.1) is 0 Å². The minimum absolute atomic E-state index is 0.941. The summed E-state index contributed by atoms with van der Waals surface area (Å²) in [4.78, 5) is 4.35. The average molecular weight is 207 g/mol. The number of imidazole rings is 1. The number of hydrogen-bond acceptors (Lipinski definition) is 2. The third-order valence-electron chi connectivity index (χ3n) is 2.29. The Hall–Kier alpha value is -1.09. The molecule has 15 heavy (non-hydrogen) atoms. The fourth-order valence-corrected chi connectivity index (χ4v) is 1.51. The van der Waals surface area contributed by atoms with Crippen molar-refractivity contribution in [3.8, 4) is 0 Å². The van der Waals surface area contributed by atoms with Crippen LogP contribution in [0.4, 0.5) is 0 Å². The molecule has 1 aromatic heterocycles. The number of hydrogen-bond donors (Lipinski definition) is 1. The van der Waals surface area contributed by atoms with Crippen molar-refractivity contribution in [2.24, 2.45) is 0 Å². The van der Waals surface area contributed by atoms with E-state index in [1.165, 1.54) is 0 Å². The van der Waals surface area contributed by atoms with Crippen molar-refractivity contribution < 1.29 is 0 Å². The summed E-state index contributed by atoms with van der Waals surface area (Å²) in [5.41, 5.74) is 0. The predicted molar refractivity (Wildman–Crippen MR) is 63.9 cm³/mol. The number of nitrogens with one attached hydrogen (secondary N) is 1. The fraction of sp³-hybridized carbons (Fsp3) is 0.583. The molecule has 1 heterocycles. The van der Waals surface area contributed by atoms with Crippen LogP contribution in [0.2, 0.25) is 0 Å². The first-order chi connectivity index (χ1) is 7.38. The lowest BCUT2D eigenvalue weighted by molar-refractivity contribution is 0.648. The third-order valence-corrected chi connectivity index (χ3v) is 2.29. The Morgan fingerprint density at radius 1 is 1.47 bits per heavy atom. The van der Waals surface area contributed by atoms with E-state index in [9.17, 15) is 0 Å². The minimum atomic E-state index is 0.941. The fourth-order valence-electron chi connectivity index (χ4n) is 1.51. The standard InChI is InChI=1S/C12H21N3/c1-3-10-15-11-9-14-12(15)7-5-4-6-8-13-2/h4-5,9,11,13H,3,6-8,10H2,1-2H3. The normalized spacial score (nSPS) is 11.3. The summed E-state index contributed by atoms with van der Waals surface area (Å²) in [5.74, 6) is 1.16. The van der Waals surface area contributed by atoms with Crippen molar-refractivity contribution in [3.05, 3.63) is 30.4 Å². The average Bonchev–Trinajstić information content (AvgIpc) is 2.66. The van der Waals surface area contributed by atoms with Gasteiger partial charge in [0.1, 0.15) is 5.82 Å². The highest BCUT2D eigenvalue weighted by molar-refractivity contribution is 4.99. The molecule has 0 unspecified atom stereocenters. The van der Waals surface area contributed by atoms with E-state index in [0.717, 1.165) is 38.2 Å². The number of allylic oxidation sites excluding steroid dienone is 1. The molecular weight excluding hydrogens is 186 g/mol. The first-order valence-electron chi connectivity index (χ1n) is 5.68. The Bertz CT molecular complexity index is 289. The molecule has 3 nitrogen and oxygen atoms in total. The number of nitrogens with zero attached hydrogens (tertiary/aromatic N) is 2. The van der Waals surface area contributed by atoms with Crippen LogP contribution >= 0.6 is 0 Å². The highest BCUT2D eigenvalue weighted by atomic mass is 15.1. The van der Waals surface area contributed by atoms with Crippen molar-refractivity contribution in [2.45, 2.75) is 32.7 Å². The van der Waals surface area contributed by atoms with E-state index >= 15 is 0 Å². The van der Waals surface area contributed by atoms with Crippen LogP contribution in [0.3, 0.4) is 0 Å². The first kappa shape index (κ1) is 12.0. The SMILES string of the molecule is CCCn1ccnc1CC=CCCNC. The summed E-state index contributed by atoms with van der Waals surface area (Å²) in [5, 5.41) is 3.12. The van der Waals surface area contributed by atoms with Crippen LogP contribution in [0.15, 0.2) is 24.5 Å². The molecule has 3 heteroatoms. The van der Waals surface area contributed by atoms with Crippen LogP contribution < -0.4 is 5.32 Å². The van der Waals surface area contributed by atoms with Crippen LogP contribution in [0.5, 0.6) is 0 Å². The largest absolute Gasteiger partial charge is 0.335 e. The maximum Gasteiger partial charge on any atom is 0.112 e. The molecule has 0 saturated heterocycles. The number of rotatable bonds is 7. The lowest BCUT2D eigenvalue weighted by atomic mass is 10.3. The smallest absolute Gasteiger partial charge is 0.112 e. The topological polar surface area (TPSA) is 29.9 Å². The van der Waals surface area contributed by atoms with Crippen molar-refractivity contribution in [3.63, 3.8) is 0 Å². The quantitative estimate of drug-likeness (QED) is 0.547. The van der Waals surface area contributed by atoms with Crippen LogP contribution in [0.1, 0.15) is 25.6 Å². The van der Waals surface area contributed by atoms with Crippen LogP contribution in [-0.4, -0.2) is 23.1 Å². The van der Waals surface area contributed by atoms with Gasteiger partial charge in [0.15, 0.2) is 0 Å². The Labute approximate surface area is 92.2 Å². The maximum absolute atomic E-state index is 4.35. The highest BCUT2D eigenvalue weighted by Crippen LogP contribution is 2.01. The van der Waals surface area contributed by atoms with Crippen molar-refractivity contribution in [2.75, 3.05) is 13.6 Å². The van der Waals surface area contributed by atoms with Gasteiger partial charge >= 0.3 is 0 Å². The third kappa shape index (κ3) is 4.30. The van der Waals surface area contributed by atoms with Gasteiger partial charge in [0, 0.05) is 25.4 Å². The van der Waals surface area contributed by atoms with E-state index in [1.54, 1.807) is 0 Å². The Kier molecular flexibility index (Phi) is 5.78. The lowest BCUT2D eigenvalue weighted by Crippen LogP contribution is -2.06. The summed E-state index contributed by atoms with van der Waals surface area (Å²) in [6.45, 7) is 4.30. The van der Waals surface area contributed by atoms with Gasteiger partial charge in [-0.05, 0) is 26.4 Å². The van der Waals surface area contributed by atoms with Gasteiger partial charge in [-0.2, -0.15) is 0 Å². The van der Waals surface area contributed by atoms with E-state index in [0.29, 0.717) is 0 Å². The second-order valence-electron chi connectivity index (χ2n) is 3.60. The predicted octanol–water partition coefficient (Wildman–Crippen LogP) is 2.00. The first-order valence-corrected chi connectivity index (χ1v) is 5.68. The minimum Gasteiger partial charge on any atom is -0.335 e. The van der Waals surface area contributed by atoms with Gasteiger partial charge in [-0.3, -0.25) is 0 Å². The van der Waals surface area contributed by atoms with Gasteiger partial charge in [0.05, 0.1) is 0 Å². The molecule has 0 aliphatic heterocycles. The molecule has 0 aromatic carbocycles. The lowest BCUT2D eigenvalue weighted by Gasteiger charge is -2.03. The van der Waals surface area contributed by atoms with Crippen molar-refractivity contribution in [1.29, 1.82) is 0 Å². The Morgan fingerprint density at radius 3 is 3.07 bits per heavy atom. The summed E-state index contributed by atoms with van der Waals surface area (Å²) < 4.78 is 2.22. The van der Waals surface area contributed by atoms with E-state index < -0.39 is 0 Å². The van der Waals surface area contributed by atoms with Crippen LogP contribution in [0.25, 0.3) is 0 Å². The molecule has 0 aliphatic carbocycles.